The van der Waals surface area contributed by atoms with Crippen molar-refractivity contribution in [3.63, 3.8) is 0 Å². The molecule has 1 heterocycles. The number of esters is 1. The van der Waals surface area contributed by atoms with E-state index in [2.05, 4.69) is 10.3 Å². The molecule has 0 saturated heterocycles. The van der Waals surface area contributed by atoms with Crippen LogP contribution in [0.25, 0.3) is 11.0 Å². The summed E-state index contributed by atoms with van der Waals surface area (Å²) in [5, 5.41) is 2.80. The molecule has 3 rings (SSSR count). The van der Waals surface area contributed by atoms with Gasteiger partial charge in [-0.05, 0) is 31.0 Å². The standard InChI is InChI=1S/C23H27N3O3/c1-3-21-25-19-6-4-5-7-20(19)26(21)16-23(28)29-15-14-24-22(27)13-12-18-10-8-17(2)9-11-18/h4-11H,3,12-16H2,1-2H3,(H,24,27). The summed E-state index contributed by atoms with van der Waals surface area (Å²) in [4.78, 5) is 28.7. The number of rotatable bonds is 9. The largest absolute Gasteiger partial charge is 0.462 e. The molecular weight excluding hydrogens is 366 g/mol. The number of nitrogens with one attached hydrogen (secondary N) is 1. The molecule has 6 nitrogen and oxygen atoms in total. The SMILES string of the molecule is CCc1nc2ccccc2n1CC(=O)OCCNC(=O)CCc1ccc(C)cc1. The Morgan fingerprint density at radius 3 is 2.62 bits per heavy atom. The molecular formula is C23H27N3O3. The maximum Gasteiger partial charge on any atom is 0.326 e. The molecule has 29 heavy (non-hydrogen) atoms. The third kappa shape index (κ3) is 5.67. The van der Waals surface area contributed by atoms with Crippen LogP contribution in [0, 0.1) is 6.92 Å². The molecule has 6 heteroatoms. The van der Waals surface area contributed by atoms with Crippen molar-refractivity contribution in [2.75, 3.05) is 13.2 Å². The molecule has 152 valence electrons. The third-order valence-electron chi connectivity index (χ3n) is 4.79. The van der Waals surface area contributed by atoms with E-state index in [1.807, 2.05) is 66.9 Å². The topological polar surface area (TPSA) is 73.2 Å². The summed E-state index contributed by atoms with van der Waals surface area (Å²) in [6.45, 7) is 4.63. The summed E-state index contributed by atoms with van der Waals surface area (Å²) >= 11 is 0. The molecule has 1 N–H and O–H groups in total. The molecule has 0 aliphatic heterocycles. The number of carbonyl (C=O) groups is 2. The van der Waals surface area contributed by atoms with Crippen LogP contribution in [-0.2, 0) is 33.7 Å². The number of hydrogen-bond acceptors (Lipinski definition) is 4. The van der Waals surface area contributed by atoms with Crippen molar-refractivity contribution in [2.45, 2.75) is 39.7 Å². The van der Waals surface area contributed by atoms with Gasteiger partial charge in [-0.2, -0.15) is 0 Å². The second-order valence-electron chi connectivity index (χ2n) is 7.01. The first-order valence-corrected chi connectivity index (χ1v) is 9.99. The lowest BCUT2D eigenvalue weighted by atomic mass is 10.1. The van der Waals surface area contributed by atoms with Gasteiger partial charge in [0.05, 0.1) is 17.6 Å². The van der Waals surface area contributed by atoms with Gasteiger partial charge in [0.2, 0.25) is 5.91 Å². The molecule has 2 aromatic carbocycles. The van der Waals surface area contributed by atoms with E-state index in [4.69, 9.17) is 4.74 Å². The Morgan fingerprint density at radius 2 is 1.86 bits per heavy atom. The number of carbonyl (C=O) groups excluding carboxylic acids is 2. The zero-order valence-corrected chi connectivity index (χ0v) is 17.0. The van der Waals surface area contributed by atoms with Gasteiger partial charge >= 0.3 is 5.97 Å². The second kappa shape index (κ2) is 9.87. The van der Waals surface area contributed by atoms with Crippen LogP contribution >= 0.6 is 0 Å². The van der Waals surface area contributed by atoms with Gasteiger partial charge in [0.1, 0.15) is 19.0 Å². The number of para-hydroxylation sites is 2. The first kappa shape index (κ1) is 20.6. The zero-order chi connectivity index (χ0) is 20.6. The number of imidazole rings is 1. The summed E-state index contributed by atoms with van der Waals surface area (Å²) in [7, 11) is 0. The van der Waals surface area contributed by atoms with Gasteiger partial charge < -0.3 is 14.6 Å². The van der Waals surface area contributed by atoms with Crippen LogP contribution in [-0.4, -0.2) is 34.6 Å². The lowest BCUT2D eigenvalue weighted by Crippen LogP contribution is -2.28. The number of hydrogen-bond donors (Lipinski definition) is 1. The highest BCUT2D eigenvalue weighted by molar-refractivity contribution is 5.79. The maximum atomic E-state index is 12.2. The van der Waals surface area contributed by atoms with Gasteiger partial charge in [0, 0.05) is 12.8 Å². The number of aryl methyl sites for hydroxylation is 3. The maximum absolute atomic E-state index is 12.2. The fraction of sp³-hybridized carbons (Fsp3) is 0.348. The predicted molar refractivity (Wildman–Crippen MR) is 113 cm³/mol. The molecule has 0 saturated carbocycles. The highest BCUT2D eigenvalue weighted by Gasteiger charge is 2.13. The van der Waals surface area contributed by atoms with Crippen LogP contribution in [0.3, 0.4) is 0 Å². The minimum atomic E-state index is -0.336. The van der Waals surface area contributed by atoms with Crippen LogP contribution in [0.15, 0.2) is 48.5 Å². The highest BCUT2D eigenvalue weighted by Crippen LogP contribution is 2.16. The summed E-state index contributed by atoms with van der Waals surface area (Å²) in [5.74, 6) is 0.472. The molecule has 0 radical (unpaired) electrons. The molecule has 0 fully saturated rings. The molecule has 0 bridgehead atoms. The minimum absolute atomic E-state index is 0.0458. The minimum Gasteiger partial charge on any atom is -0.462 e. The third-order valence-corrected chi connectivity index (χ3v) is 4.79. The van der Waals surface area contributed by atoms with E-state index in [-0.39, 0.29) is 25.0 Å². The van der Waals surface area contributed by atoms with Gasteiger partial charge in [-0.25, -0.2) is 4.98 Å². The Labute approximate surface area is 170 Å². The summed E-state index contributed by atoms with van der Waals surface area (Å²) < 4.78 is 7.17. The van der Waals surface area contributed by atoms with Gasteiger partial charge in [0.15, 0.2) is 0 Å². The first-order valence-electron chi connectivity index (χ1n) is 9.99. The van der Waals surface area contributed by atoms with Crippen LogP contribution in [0.2, 0.25) is 0 Å². The van der Waals surface area contributed by atoms with Crippen molar-refractivity contribution in [1.82, 2.24) is 14.9 Å². The Kier molecular flexibility index (Phi) is 7.00. The fourth-order valence-corrected chi connectivity index (χ4v) is 3.20. The van der Waals surface area contributed by atoms with Crippen molar-refractivity contribution in [3.8, 4) is 0 Å². The van der Waals surface area contributed by atoms with Crippen molar-refractivity contribution in [2.24, 2.45) is 0 Å². The molecule has 0 aliphatic rings. The Balaban J connectivity index is 1.40. The molecule has 3 aromatic rings. The average Bonchev–Trinajstić information content (AvgIpc) is 3.08. The van der Waals surface area contributed by atoms with Crippen LogP contribution in [0.1, 0.15) is 30.3 Å². The van der Waals surface area contributed by atoms with E-state index >= 15 is 0 Å². The van der Waals surface area contributed by atoms with Gasteiger partial charge in [0.25, 0.3) is 0 Å². The number of amides is 1. The summed E-state index contributed by atoms with van der Waals surface area (Å²) in [6.07, 6.45) is 1.84. The quantitative estimate of drug-likeness (QED) is 0.448. The summed E-state index contributed by atoms with van der Waals surface area (Å²) in [6, 6.07) is 15.9. The van der Waals surface area contributed by atoms with Crippen molar-refractivity contribution in [1.29, 1.82) is 0 Å². The zero-order valence-electron chi connectivity index (χ0n) is 17.0. The van der Waals surface area contributed by atoms with E-state index in [0.29, 0.717) is 19.4 Å². The van der Waals surface area contributed by atoms with E-state index in [9.17, 15) is 9.59 Å². The van der Waals surface area contributed by atoms with Crippen molar-refractivity contribution >= 4 is 22.9 Å². The molecule has 1 aromatic heterocycles. The predicted octanol–water partition coefficient (Wildman–Crippen LogP) is 3.20. The van der Waals surface area contributed by atoms with E-state index in [1.54, 1.807) is 0 Å². The van der Waals surface area contributed by atoms with Crippen LogP contribution < -0.4 is 5.32 Å². The van der Waals surface area contributed by atoms with Gasteiger partial charge in [-0.3, -0.25) is 9.59 Å². The van der Waals surface area contributed by atoms with Crippen LogP contribution in [0.5, 0.6) is 0 Å². The normalized spacial score (nSPS) is 10.8. The smallest absolute Gasteiger partial charge is 0.326 e. The van der Waals surface area contributed by atoms with E-state index in [0.717, 1.165) is 28.8 Å². The number of fused-ring (bicyclic) bond motifs is 1. The molecule has 0 unspecified atom stereocenters. The summed E-state index contributed by atoms with van der Waals surface area (Å²) in [5.41, 5.74) is 4.13. The number of ether oxygens (including phenoxy) is 1. The van der Waals surface area contributed by atoms with Crippen molar-refractivity contribution in [3.05, 3.63) is 65.5 Å². The average molecular weight is 393 g/mol. The number of aromatic nitrogens is 2. The molecule has 0 spiro atoms. The first-order chi connectivity index (χ1) is 14.1. The lowest BCUT2D eigenvalue weighted by molar-refractivity contribution is -0.144. The second-order valence-corrected chi connectivity index (χ2v) is 7.01. The Bertz CT molecular complexity index is 977. The Hall–Kier alpha value is -3.15. The van der Waals surface area contributed by atoms with Gasteiger partial charge in [-0.15, -0.1) is 0 Å². The number of nitrogens with zero attached hydrogens (tertiary/aromatic N) is 2. The van der Waals surface area contributed by atoms with Crippen molar-refractivity contribution < 1.29 is 14.3 Å². The molecule has 0 atom stereocenters. The lowest BCUT2D eigenvalue weighted by Gasteiger charge is -2.09. The molecule has 1 amide bonds. The van der Waals surface area contributed by atoms with Gasteiger partial charge in [-0.1, -0.05) is 48.9 Å². The van der Waals surface area contributed by atoms with E-state index < -0.39 is 0 Å². The molecule has 0 aliphatic carbocycles. The van der Waals surface area contributed by atoms with Crippen LogP contribution in [0.4, 0.5) is 0 Å². The van der Waals surface area contributed by atoms with E-state index in [1.165, 1.54) is 5.56 Å². The highest BCUT2D eigenvalue weighted by atomic mass is 16.5. The Morgan fingerprint density at radius 1 is 1.10 bits per heavy atom. The fourth-order valence-electron chi connectivity index (χ4n) is 3.20. The number of benzene rings is 2. The monoisotopic (exact) mass is 393 g/mol.